The summed E-state index contributed by atoms with van der Waals surface area (Å²) in [6, 6.07) is 0. The van der Waals surface area contributed by atoms with Crippen LogP contribution in [0.15, 0.2) is 41.6 Å². The summed E-state index contributed by atoms with van der Waals surface area (Å²) in [5.74, 6) is 0.0653. The highest BCUT2D eigenvalue weighted by molar-refractivity contribution is 6.22. The van der Waals surface area contributed by atoms with Gasteiger partial charge < -0.3 is 0 Å². The molecule has 0 saturated carbocycles. The number of rotatable bonds is 6. The zero-order valence-electron chi connectivity index (χ0n) is 9.34. The van der Waals surface area contributed by atoms with Gasteiger partial charge >= 0.3 is 0 Å². The molecule has 0 aliphatic rings. The fraction of sp³-hybridized carbons (Fsp3) is 0.364. The van der Waals surface area contributed by atoms with Crippen molar-refractivity contribution >= 4 is 17.8 Å². The normalized spacial score (nSPS) is 15.9. The highest BCUT2D eigenvalue weighted by Crippen LogP contribution is 2.14. The minimum Gasteiger partial charge on any atom is -0.297 e. The number of alkyl halides is 1. The fourth-order valence-electron chi connectivity index (χ4n) is 0.856. The molecule has 0 bridgehead atoms. The van der Waals surface area contributed by atoms with E-state index in [1.807, 2.05) is 13.0 Å². The van der Waals surface area contributed by atoms with Crippen molar-refractivity contribution in [1.82, 2.24) is 0 Å². The molecule has 2 unspecified atom stereocenters. The zero-order chi connectivity index (χ0) is 12.6. The summed E-state index contributed by atoms with van der Waals surface area (Å²) < 4.78 is 0. The van der Waals surface area contributed by atoms with Crippen LogP contribution < -0.4 is 0 Å². The number of nitro groups is 1. The standard InChI is InChI=1S/C11H15ClN2O2/c1-9(5-4-8-13-3)11(12)7-6-10(2)14(15)16/h4-9,11H,2H2,1,3H3/b5-4-,7-6-,13-8-. The Morgan fingerprint density at radius 1 is 1.56 bits per heavy atom. The van der Waals surface area contributed by atoms with Gasteiger partial charge in [0.1, 0.15) is 0 Å². The third kappa shape index (κ3) is 6.14. The van der Waals surface area contributed by atoms with E-state index in [0.717, 1.165) is 0 Å². The highest BCUT2D eigenvalue weighted by atomic mass is 35.5. The number of allylic oxidation sites excluding steroid dienone is 4. The van der Waals surface area contributed by atoms with E-state index in [2.05, 4.69) is 11.6 Å². The molecule has 0 rings (SSSR count). The monoisotopic (exact) mass is 242 g/mol. The van der Waals surface area contributed by atoms with Crippen LogP contribution in [0.5, 0.6) is 0 Å². The molecule has 0 aromatic heterocycles. The number of hydrogen-bond acceptors (Lipinski definition) is 3. The Hall–Kier alpha value is -1.42. The first-order chi connectivity index (χ1) is 7.49. The van der Waals surface area contributed by atoms with Crippen LogP contribution in [0.25, 0.3) is 0 Å². The average Bonchev–Trinajstić information content (AvgIpc) is 2.25. The first-order valence-corrected chi connectivity index (χ1v) is 5.17. The molecule has 0 N–H and O–H groups in total. The van der Waals surface area contributed by atoms with E-state index in [1.54, 1.807) is 25.4 Å². The van der Waals surface area contributed by atoms with Crippen LogP contribution in [0.2, 0.25) is 0 Å². The molecule has 0 aromatic rings. The molecule has 5 heteroatoms. The number of hydrogen-bond donors (Lipinski definition) is 0. The number of halogens is 1. The third-order valence-corrected chi connectivity index (χ3v) is 2.40. The topological polar surface area (TPSA) is 55.5 Å². The largest absolute Gasteiger partial charge is 0.297 e. The Bertz CT molecular complexity index is 335. The molecule has 0 radical (unpaired) electrons. The molecule has 0 aliphatic carbocycles. The number of nitrogens with zero attached hydrogens (tertiary/aromatic N) is 2. The van der Waals surface area contributed by atoms with E-state index in [4.69, 9.17) is 11.6 Å². The Morgan fingerprint density at radius 2 is 2.19 bits per heavy atom. The van der Waals surface area contributed by atoms with Crippen LogP contribution in [-0.2, 0) is 0 Å². The van der Waals surface area contributed by atoms with Crippen molar-refractivity contribution in [1.29, 1.82) is 0 Å². The molecule has 0 heterocycles. The maximum absolute atomic E-state index is 10.3. The van der Waals surface area contributed by atoms with Gasteiger partial charge in [0, 0.05) is 19.3 Å². The van der Waals surface area contributed by atoms with Crippen molar-refractivity contribution in [3.8, 4) is 0 Å². The molecular weight excluding hydrogens is 228 g/mol. The second kappa shape index (κ2) is 7.82. The second-order valence-electron chi connectivity index (χ2n) is 3.20. The van der Waals surface area contributed by atoms with Gasteiger partial charge in [-0.05, 0) is 18.6 Å². The quantitative estimate of drug-likeness (QED) is 0.236. The Kier molecular flexibility index (Phi) is 7.12. The van der Waals surface area contributed by atoms with Gasteiger partial charge in [-0.1, -0.05) is 19.1 Å². The van der Waals surface area contributed by atoms with Gasteiger partial charge in [-0.2, -0.15) is 0 Å². The second-order valence-corrected chi connectivity index (χ2v) is 3.71. The summed E-state index contributed by atoms with van der Waals surface area (Å²) in [6.07, 6.45) is 8.20. The molecule has 0 amide bonds. The molecule has 88 valence electrons. The Balaban J connectivity index is 4.29. The smallest absolute Gasteiger partial charge is 0.262 e. The predicted molar refractivity (Wildman–Crippen MR) is 67.6 cm³/mol. The maximum Gasteiger partial charge on any atom is 0.262 e. The number of aliphatic imine (C=N–C) groups is 1. The molecule has 0 saturated heterocycles. The van der Waals surface area contributed by atoms with Gasteiger partial charge in [0.2, 0.25) is 0 Å². The van der Waals surface area contributed by atoms with Crippen LogP contribution in [-0.4, -0.2) is 23.6 Å². The van der Waals surface area contributed by atoms with Crippen molar-refractivity contribution in [3.63, 3.8) is 0 Å². The van der Waals surface area contributed by atoms with Crippen molar-refractivity contribution in [2.45, 2.75) is 12.3 Å². The van der Waals surface area contributed by atoms with E-state index in [-0.39, 0.29) is 17.0 Å². The van der Waals surface area contributed by atoms with Crippen LogP contribution >= 0.6 is 11.6 Å². The lowest BCUT2D eigenvalue weighted by Gasteiger charge is -2.08. The summed E-state index contributed by atoms with van der Waals surface area (Å²) in [4.78, 5) is 13.5. The Labute approximate surface area is 100 Å². The molecule has 2 atom stereocenters. The van der Waals surface area contributed by atoms with Crippen LogP contribution in [0.3, 0.4) is 0 Å². The first kappa shape index (κ1) is 14.6. The molecule has 0 fully saturated rings. The van der Waals surface area contributed by atoms with Crippen molar-refractivity contribution in [3.05, 3.63) is 46.7 Å². The van der Waals surface area contributed by atoms with Gasteiger partial charge in [-0.3, -0.25) is 15.1 Å². The Morgan fingerprint density at radius 3 is 2.69 bits per heavy atom. The molecule has 0 spiro atoms. The van der Waals surface area contributed by atoms with Crippen molar-refractivity contribution in [2.24, 2.45) is 10.9 Å². The van der Waals surface area contributed by atoms with E-state index < -0.39 is 4.92 Å². The van der Waals surface area contributed by atoms with Gasteiger partial charge in [0.25, 0.3) is 5.70 Å². The van der Waals surface area contributed by atoms with Crippen LogP contribution in [0, 0.1) is 16.0 Å². The van der Waals surface area contributed by atoms with Crippen LogP contribution in [0.4, 0.5) is 0 Å². The highest BCUT2D eigenvalue weighted by Gasteiger charge is 2.09. The van der Waals surface area contributed by atoms with Gasteiger partial charge in [0.05, 0.1) is 10.3 Å². The summed E-state index contributed by atoms with van der Waals surface area (Å²) in [7, 11) is 1.67. The minimum atomic E-state index is -0.551. The third-order valence-electron chi connectivity index (χ3n) is 1.86. The lowest BCUT2D eigenvalue weighted by atomic mass is 10.1. The molecular formula is C11H15ClN2O2. The van der Waals surface area contributed by atoms with Gasteiger partial charge in [-0.15, -0.1) is 11.6 Å². The van der Waals surface area contributed by atoms with Crippen molar-refractivity contribution < 1.29 is 4.92 Å². The fourth-order valence-corrected chi connectivity index (χ4v) is 1.01. The summed E-state index contributed by atoms with van der Waals surface area (Å²) in [6.45, 7) is 5.19. The molecule has 4 nitrogen and oxygen atoms in total. The molecule has 0 aromatic carbocycles. The van der Waals surface area contributed by atoms with E-state index in [9.17, 15) is 10.1 Å². The maximum atomic E-state index is 10.3. The van der Waals surface area contributed by atoms with Gasteiger partial charge in [0.15, 0.2) is 0 Å². The van der Waals surface area contributed by atoms with Gasteiger partial charge in [-0.25, -0.2) is 0 Å². The molecule has 0 aliphatic heterocycles. The van der Waals surface area contributed by atoms with Crippen LogP contribution in [0.1, 0.15) is 6.92 Å². The van der Waals surface area contributed by atoms with E-state index in [0.29, 0.717) is 0 Å². The van der Waals surface area contributed by atoms with E-state index in [1.165, 1.54) is 6.08 Å². The predicted octanol–water partition coefficient (Wildman–Crippen LogP) is 2.83. The SMILES string of the molecule is C=C(/C=C\C(Cl)C(C)/C=C\C=N/C)[N+](=O)[O-]. The minimum absolute atomic E-state index is 0.0653. The lowest BCUT2D eigenvalue weighted by molar-refractivity contribution is -0.418. The summed E-state index contributed by atoms with van der Waals surface area (Å²) in [5.41, 5.74) is -0.169. The average molecular weight is 243 g/mol. The first-order valence-electron chi connectivity index (χ1n) is 4.73. The lowest BCUT2D eigenvalue weighted by Crippen LogP contribution is -2.06. The summed E-state index contributed by atoms with van der Waals surface area (Å²) >= 11 is 6.01. The zero-order valence-corrected chi connectivity index (χ0v) is 10.1. The van der Waals surface area contributed by atoms with E-state index >= 15 is 0 Å². The molecule has 16 heavy (non-hydrogen) atoms. The summed E-state index contributed by atoms with van der Waals surface area (Å²) in [5, 5.41) is 9.97. The van der Waals surface area contributed by atoms with Crippen molar-refractivity contribution in [2.75, 3.05) is 7.05 Å².